The second kappa shape index (κ2) is 6.78. The van der Waals surface area contributed by atoms with Crippen LogP contribution in [0.5, 0.6) is 0 Å². The molecule has 1 aliphatic rings. The number of rotatable bonds is 3. The van der Waals surface area contributed by atoms with Crippen molar-refractivity contribution in [3.63, 3.8) is 0 Å². The Morgan fingerprint density at radius 2 is 2.19 bits per heavy atom. The lowest BCUT2D eigenvalue weighted by Gasteiger charge is -2.30. The molecule has 0 bridgehead atoms. The number of carbonyl (C=O) groups is 1. The summed E-state index contributed by atoms with van der Waals surface area (Å²) < 4.78 is 36.2. The Kier molecular flexibility index (Phi) is 5.80. The lowest BCUT2D eigenvalue weighted by atomic mass is 10.3. The Hall–Kier alpha value is -1.09. The first kappa shape index (κ1) is 18.0. The number of nitrogens with one attached hydrogen (secondary N) is 1. The maximum Gasteiger partial charge on any atom is 0.373 e. The highest BCUT2D eigenvalue weighted by molar-refractivity contribution is 7.89. The molecule has 1 N–H and O–H groups in total. The summed E-state index contributed by atoms with van der Waals surface area (Å²) in [5, 5.41) is 3.18. The van der Waals surface area contributed by atoms with Gasteiger partial charge in [0, 0.05) is 31.7 Å². The van der Waals surface area contributed by atoms with Crippen LogP contribution >= 0.6 is 12.4 Å². The molecular weight excluding hydrogens is 320 g/mol. The summed E-state index contributed by atoms with van der Waals surface area (Å²) in [6.07, 6.45) is 0. The molecule has 1 aromatic rings. The molecule has 9 heteroatoms. The maximum atomic E-state index is 12.6. The number of methoxy groups -OCH3 is 1. The Morgan fingerprint density at radius 3 is 2.76 bits per heavy atom. The fourth-order valence-corrected chi connectivity index (χ4v) is 3.87. The van der Waals surface area contributed by atoms with Crippen LogP contribution in [-0.4, -0.2) is 51.5 Å². The zero-order valence-corrected chi connectivity index (χ0v) is 13.7. The summed E-state index contributed by atoms with van der Waals surface area (Å²) in [7, 11) is -2.44. The molecular formula is C12H19ClN2O5S. The third-order valence-corrected chi connectivity index (χ3v) is 5.18. The van der Waals surface area contributed by atoms with Crippen molar-refractivity contribution in [3.8, 4) is 0 Å². The molecule has 0 aromatic carbocycles. The Labute approximate surface area is 130 Å². The lowest BCUT2D eigenvalue weighted by Crippen LogP contribution is -2.51. The van der Waals surface area contributed by atoms with Gasteiger partial charge in [-0.1, -0.05) is 0 Å². The van der Waals surface area contributed by atoms with E-state index in [1.54, 1.807) is 0 Å². The van der Waals surface area contributed by atoms with Crippen molar-refractivity contribution < 1.29 is 22.4 Å². The van der Waals surface area contributed by atoms with Crippen LogP contribution in [0.2, 0.25) is 0 Å². The summed E-state index contributed by atoms with van der Waals surface area (Å²) >= 11 is 0. The largest absolute Gasteiger partial charge is 0.463 e. The Bertz CT molecular complexity index is 613. The minimum Gasteiger partial charge on any atom is -0.463 e. The van der Waals surface area contributed by atoms with Crippen LogP contribution in [0.1, 0.15) is 23.2 Å². The van der Waals surface area contributed by atoms with Gasteiger partial charge in [0.1, 0.15) is 10.7 Å². The second-order valence-electron chi connectivity index (χ2n) is 4.74. The predicted octanol–water partition coefficient (Wildman–Crippen LogP) is 0.779. The standard InChI is InChI=1S/C12H18N2O5S.ClH/c1-8-7-14(5-4-13-8)20(16,17)11-6-10(12(15)18-3)19-9(11)2;/h6,8,13H,4-5,7H2,1-3H3;1H. The van der Waals surface area contributed by atoms with Gasteiger partial charge < -0.3 is 14.5 Å². The summed E-state index contributed by atoms with van der Waals surface area (Å²) in [5.74, 6) is -0.605. The number of carbonyl (C=O) groups excluding carboxylic acids is 1. The highest BCUT2D eigenvalue weighted by Crippen LogP contribution is 2.24. The number of esters is 1. The van der Waals surface area contributed by atoms with Crippen molar-refractivity contribution in [3.05, 3.63) is 17.6 Å². The summed E-state index contributed by atoms with van der Waals surface area (Å²) in [5.41, 5.74) is 0. The van der Waals surface area contributed by atoms with Crippen molar-refractivity contribution in [1.82, 2.24) is 9.62 Å². The van der Waals surface area contributed by atoms with E-state index in [2.05, 4.69) is 10.1 Å². The van der Waals surface area contributed by atoms with Crippen molar-refractivity contribution in [2.75, 3.05) is 26.7 Å². The van der Waals surface area contributed by atoms with Crippen LogP contribution in [0, 0.1) is 6.92 Å². The number of ether oxygens (including phenoxy) is 1. The average molecular weight is 339 g/mol. The monoisotopic (exact) mass is 338 g/mol. The number of furan rings is 1. The quantitative estimate of drug-likeness (QED) is 0.819. The van der Waals surface area contributed by atoms with Gasteiger partial charge in [0.2, 0.25) is 15.8 Å². The summed E-state index contributed by atoms with van der Waals surface area (Å²) in [6.45, 7) is 4.82. The van der Waals surface area contributed by atoms with E-state index in [4.69, 9.17) is 4.42 Å². The van der Waals surface area contributed by atoms with Crippen LogP contribution in [0.4, 0.5) is 0 Å². The first-order chi connectivity index (χ1) is 9.36. The number of hydrogen-bond acceptors (Lipinski definition) is 6. The molecule has 0 saturated carbocycles. The van der Waals surface area contributed by atoms with E-state index < -0.39 is 16.0 Å². The molecule has 0 aliphatic carbocycles. The first-order valence-corrected chi connectivity index (χ1v) is 7.72. The fourth-order valence-electron chi connectivity index (χ4n) is 2.18. The minimum absolute atomic E-state index is 0. The first-order valence-electron chi connectivity index (χ1n) is 6.28. The molecule has 1 fully saturated rings. The van der Waals surface area contributed by atoms with E-state index in [1.165, 1.54) is 24.4 Å². The molecule has 1 unspecified atom stereocenters. The van der Waals surface area contributed by atoms with Gasteiger partial charge in [0.25, 0.3) is 0 Å². The number of piperazine rings is 1. The molecule has 1 aromatic heterocycles. The third-order valence-electron chi connectivity index (χ3n) is 3.21. The van der Waals surface area contributed by atoms with Crippen LogP contribution in [0.15, 0.2) is 15.4 Å². The zero-order chi connectivity index (χ0) is 14.9. The molecule has 120 valence electrons. The summed E-state index contributed by atoms with van der Waals surface area (Å²) in [6, 6.07) is 1.31. The van der Waals surface area contributed by atoms with E-state index in [9.17, 15) is 13.2 Å². The molecule has 1 atom stereocenters. The third kappa shape index (κ3) is 3.57. The molecule has 0 amide bonds. The molecule has 2 rings (SSSR count). The normalized spacial score (nSPS) is 19.9. The van der Waals surface area contributed by atoms with Gasteiger partial charge in [0.05, 0.1) is 7.11 Å². The second-order valence-corrected chi connectivity index (χ2v) is 6.65. The van der Waals surface area contributed by atoms with Gasteiger partial charge in [-0.3, -0.25) is 0 Å². The van der Waals surface area contributed by atoms with E-state index in [0.717, 1.165) is 0 Å². The van der Waals surface area contributed by atoms with E-state index in [0.29, 0.717) is 19.6 Å². The molecule has 21 heavy (non-hydrogen) atoms. The van der Waals surface area contributed by atoms with Crippen LogP contribution < -0.4 is 5.32 Å². The average Bonchev–Trinajstić information content (AvgIpc) is 2.80. The van der Waals surface area contributed by atoms with Gasteiger partial charge in [-0.05, 0) is 13.8 Å². The van der Waals surface area contributed by atoms with Gasteiger partial charge in [-0.15, -0.1) is 12.4 Å². The molecule has 0 spiro atoms. The van der Waals surface area contributed by atoms with E-state index >= 15 is 0 Å². The Morgan fingerprint density at radius 1 is 1.52 bits per heavy atom. The molecule has 1 aliphatic heterocycles. The molecule has 1 saturated heterocycles. The molecule has 2 heterocycles. The maximum absolute atomic E-state index is 12.6. The number of hydrogen-bond donors (Lipinski definition) is 1. The van der Waals surface area contributed by atoms with Gasteiger partial charge in [0.15, 0.2) is 0 Å². The topological polar surface area (TPSA) is 88.9 Å². The summed E-state index contributed by atoms with van der Waals surface area (Å²) in [4.78, 5) is 11.4. The van der Waals surface area contributed by atoms with Crippen LogP contribution in [0.25, 0.3) is 0 Å². The SMILES string of the molecule is COC(=O)c1cc(S(=O)(=O)N2CCNC(C)C2)c(C)o1.Cl. The van der Waals surface area contributed by atoms with Crippen LogP contribution in [-0.2, 0) is 14.8 Å². The molecule has 7 nitrogen and oxygen atoms in total. The molecule has 0 radical (unpaired) electrons. The van der Waals surface area contributed by atoms with Crippen LogP contribution in [0.3, 0.4) is 0 Å². The van der Waals surface area contributed by atoms with Crippen molar-refractivity contribution in [2.45, 2.75) is 24.8 Å². The zero-order valence-electron chi connectivity index (χ0n) is 12.1. The van der Waals surface area contributed by atoms with E-state index in [-0.39, 0.29) is 34.9 Å². The number of aryl methyl sites for hydroxylation is 1. The Balaban J connectivity index is 0.00000220. The number of halogens is 1. The van der Waals surface area contributed by atoms with E-state index in [1.807, 2.05) is 6.92 Å². The van der Waals surface area contributed by atoms with Crippen molar-refractivity contribution in [1.29, 1.82) is 0 Å². The smallest absolute Gasteiger partial charge is 0.373 e. The highest BCUT2D eigenvalue weighted by Gasteiger charge is 2.32. The van der Waals surface area contributed by atoms with Gasteiger partial charge in [-0.2, -0.15) is 4.31 Å². The van der Waals surface area contributed by atoms with Crippen molar-refractivity contribution >= 4 is 28.4 Å². The predicted molar refractivity (Wildman–Crippen MR) is 78.3 cm³/mol. The minimum atomic E-state index is -3.65. The van der Waals surface area contributed by atoms with Crippen molar-refractivity contribution in [2.24, 2.45) is 0 Å². The van der Waals surface area contributed by atoms with Gasteiger partial charge >= 0.3 is 5.97 Å². The number of sulfonamides is 1. The van der Waals surface area contributed by atoms with Gasteiger partial charge in [-0.25, -0.2) is 13.2 Å². The number of nitrogens with zero attached hydrogens (tertiary/aromatic N) is 1. The highest BCUT2D eigenvalue weighted by atomic mass is 35.5. The fraction of sp³-hybridized carbons (Fsp3) is 0.583. The lowest BCUT2D eigenvalue weighted by molar-refractivity contribution is 0.0563.